The molecule has 0 spiro atoms. The quantitative estimate of drug-likeness (QED) is 0.653. The van der Waals surface area contributed by atoms with Gasteiger partial charge in [-0.05, 0) is 12.8 Å². The van der Waals surface area contributed by atoms with Crippen molar-refractivity contribution in [2.75, 3.05) is 26.2 Å². The average Bonchev–Trinajstić information content (AvgIpc) is 2.98. The molecule has 0 radical (unpaired) electrons. The van der Waals surface area contributed by atoms with Gasteiger partial charge in [-0.25, -0.2) is 0 Å². The van der Waals surface area contributed by atoms with Gasteiger partial charge in [0.25, 0.3) is 0 Å². The molecule has 3 aliphatic rings. The molecule has 1 amide bonds. The van der Waals surface area contributed by atoms with Gasteiger partial charge >= 0.3 is 0 Å². The summed E-state index contributed by atoms with van der Waals surface area (Å²) >= 11 is 0. The fourth-order valence-electron chi connectivity index (χ4n) is 3.31. The molecule has 5 nitrogen and oxygen atoms in total. The first-order chi connectivity index (χ1) is 8.31. The number of nitrogens with one attached hydrogen (secondary N) is 1. The van der Waals surface area contributed by atoms with E-state index in [-0.39, 0.29) is 30.0 Å². The van der Waals surface area contributed by atoms with Crippen LogP contribution in [-0.2, 0) is 14.3 Å². The molecule has 0 aromatic rings. The lowest BCUT2D eigenvalue weighted by Gasteiger charge is -2.33. The van der Waals surface area contributed by atoms with Crippen molar-refractivity contribution in [2.24, 2.45) is 11.8 Å². The smallest absolute Gasteiger partial charge is 0.229 e. The third-order valence-electron chi connectivity index (χ3n) is 4.20. The van der Waals surface area contributed by atoms with Crippen LogP contribution in [0.5, 0.6) is 0 Å². The van der Waals surface area contributed by atoms with Gasteiger partial charge in [-0.1, -0.05) is 0 Å². The lowest BCUT2D eigenvalue weighted by Crippen LogP contribution is -2.51. The molecular formula is C12H18N2O3. The minimum atomic E-state index is -0.218. The molecule has 1 N–H and O–H groups in total. The first-order valence-electron chi connectivity index (χ1n) is 6.41. The topological polar surface area (TPSA) is 58.6 Å². The Morgan fingerprint density at radius 2 is 1.94 bits per heavy atom. The zero-order valence-corrected chi connectivity index (χ0v) is 9.80. The second-order valence-electron chi connectivity index (χ2n) is 5.10. The number of amides is 1. The highest BCUT2D eigenvalue weighted by Gasteiger charge is 2.53. The number of hydrogen-bond acceptors (Lipinski definition) is 4. The molecule has 4 atom stereocenters. The minimum absolute atomic E-state index is 0.00522. The molecule has 3 heterocycles. The van der Waals surface area contributed by atoms with Crippen LogP contribution < -0.4 is 5.32 Å². The van der Waals surface area contributed by atoms with E-state index in [1.807, 2.05) is 4.90 Å². The molecule has 4 unspecified atom stereocenters. The molecule has 3 aliphatic heterocycles. The molecule has 2 bridgehead atoms. The Morgan fingerprint density at radius 3 is 2.65 bits per heavy atom. The summed E-state index contributed by atoms with van der Waals surface area (Å²) in [5, 5.41) is 3.22. The van der Waals surface area contributed by atoms with Crippen molar-refractivity contribution in [3.8, 4) is 0 Å². The van der Waals surface area contributed by atoms with Gasteiger partial charge in [-0.2, -0.15) is 0 Å². The number of fused-ring (bicyclic) bond motifs is 2. The maximum Gasteiger partial charge on any atom is 0.229 e. The number of carbonyl (C=O) groups excluding carboxylic acids is 2. The summed E-state index contributed by atoms with van der Waals surface area (Å²) in [5.41, 5.74) is 0. The Balaban J connectivity index is 1.74. The minimum Gasteiger partial charge on any atom is -0.373 e. The monoisotopic (exact) mass is 238 g/mol. The summed E-state index contributed by atoms with van der Waals surface area (Å²) in [4.78, 5) is 25.4. The van der Waals surface area contributed by atoms with Crippen molar-refractivity contribution in [2.45, 2.75) is 25.0 Å². The zero-order chi connectivity index (χ0) is 11.8. The number of piperazine rings is 1. The van der Waals surface area contributed by atoms with Crippen molar-refractivity contribution in [3.63, 3.8) is 0 Å². The van der Waals surface area contributed by atoms with Crippen LogP contribution in [0, 0.1) is 11.8 Å². The summed E-state index contributed by atoms with van der Waals surface area (Å²) in [6.07, 6.45) is 2.76. The van der Waals surface area contributed by atoms with Crippen LogP contribution in [-0.4, -0.2) is 55.5 Å². The maximum atomic E-state index is 12.4. The van der Waals surface area contributed by atoms with Gasteiger partial charge in [-0.3, -0.25) is 4.79 Å². The Hall–Kier alpha value is -0.940. The van der Waals surface area contributed by atoms with Crippen molar-refractivity contribution >= 4 is 12.2 Å². The van der Waals surface area contributed by atoms with Crippen molar-refractivity contribution in [3.05, 3.63) is 0 Å². The molecule has 5 heteroatoms. The number of nitrogens with zero attached hydrogens (tertiary/aromatic N) is 1. The van der Waals surface area contributed by atoms with Gasteiger partial charge in [0, 0.05) is 26.2 Å². The highest BCUT2D eigenvalue weighted by Crippen LogP contribution is 2.43. The van der Waals surface area contributed by atoms with E-state index in [2.05, 4.69) is 5.32 Å². The second-order valence-corrected chi connectivity index (χ2v) is 5.10. The molecule has 94 valence electrons. The third kappa shape index (κ3) is 1.77. The first-order valence-corrected chi connectivity index (χ1v) is 6.41. The number of aldehydes is 1. The molecule has 0 saturated carbocycles. The molecule has 0 aromatic heterocycles. The molecule has 3 rings (SSSR count). The number of hydrogen-bond donors (Lipinski definition) is 1. The predicted molar refractivity (Wildman–Crippen MR) is 60.4 cm³/mol. The van der Waals surface area contributed by atoms with E-state index in [4.69, 9.17) is 4.74 Å². The molecule has 0 aromatic carbocycles. The van der Waals surface area contributed by atoms with Gasteiger partial charge in [0.2, 0.25) is 5.91 Å². The summed E-state index contributed by atoms with van der Waals surface area (Å²) in [5.74, 6) is -0.309. The van der Waals surface area contributed by atoms with Crippen molar-refractivity contribution in [1.82, 2.24) is 10.2 Å². The summed E-state index contributed by atoms with van der Waals surface area (Å²) in [6, 6.07) is 0. The molecular weight excluding hydrogens is 220 g/mol. The largest absolute Gasteiger partial charge is 0.373 e. The van der Waals surface area contributed by atoms with E-state index in [0.29, 0.717) is 0 Å². The maximum absolute atomic E-state index is 12.4. The number of carbonyl (C=O) groups is 2. The van der Waals surface area contributed by atoms with Gasteiger partial charge < -0.3 is 19.7 Å². The zero-order valence-electron chi connectivity index (χ0n) is 9.80. The summed E-state index contributed by atoms with van der Waals surface area (Å²) < 4.78 is 5.71. The normalized spacial score (nSPS) is 40.6. The van der Waals surface area contributed by atoms with Gasteiger partial charge in [0.1, 0.15) is 6.29 Å². The highest BCUT2D eigenvalue weighted by atomic mass is 16.5. The van der Waals surface area contributed by atoms with Crippen LogP contribution in [0.4, 0.5) is 0 Å². The molecule has 3 saturated heterocycles. The van der Waals surface area contributed by atoms with Crippen LogP contribution >= 0.6 is 0 Å². The third-order valence-corrected chi connectivity index (χ3v) is 4.20. The van der Waals surface area contributed by atoms with E-state index in [1.165, 1.54) is 0 Å². The summed E-state index contributed by atoms with van der Waals surface area (Å²) in [6.45, 7) is 3.19. The van der Waals surface area contributed by atoms with Gasteiger partial charge in [-0.15, -0.1) is 0 Å². The van der Waals surface area contributed by atoms with Crippen LogP contribution in [0.1, 0.15) is 12.8 Å². The van der Waals surface area contributed by atoms with E-state index < -0.39 is 0 Å². The Morgan fingerprint density at radius 1 is 1.24 bits per heavy atom. The predicted octanol–water partition coefficient (Wildman–Crippen LogP) is -0.589. The van der Waals surface area contributed by atoms with Gasteiger partial charge in [0.15, 0.2) is 0 Å². The van der Waals surface area contributed by atoms with Crippen molar-refractivity contribution < 1.29 is 14.3 Å². The lowest BCUT2D eigenvalue weighted by molar-refractivity contribution is -0.140. The molecule has 3 fully saturated rings. The fraction of sp³-hybridized carbons (Fsp3) is 0.833. The molecule has 0 aliphatic carbocycles. The molecule has 17 heavy (non-hydrogen) atoms. The highest BCUT2D eigenvalue weighted by molar-refractivity contribution is 5.83. The first kappa shape index (κ1) is 11.2. The Kier molecular flexibility index (Phi) is 2.88. The van der Waals surface area contributed by atoms with E-state index in [0.717, 1.165) is 45.3 Å². The van der Waals surface area contributed by atoms with Crippen LogP contribution in [0.2, 0.25) is 0 Å². The standard InChI is InChI=1S/C12H18N2O3/c15-7-8-9-1-2-10(17-9)11(8)12(16)14-5-3-13-4-6-14/h7-11,13H,1-6H2. The van der Waals surface area contributed by atoms with E-state index >= 15 is 0 Å². The average molecular weight is 238 g/mol. The second kappa shape index (κ2) is 4.38. The SMILES string of the molecule is O=CC1C2CCC(O2)C1C(=O)N1CCNCC1. The Labute approximate surface area is 100 Å². The number of ether oxygens (including phenoxy) is 1. The van der Waals surface area contributed by atoms with E-state index in [1.54, 1.807) is 0 Å². The summed E-state index contributed by atoms with van der Waals surface area (Å²) in [7, 11) is 0. The van der Waals surface area contributed by atoms with Crippen LogP contribution in [0.3, 0.4) is 0 Å². The van der Waals surface area contributed by atoms with Gasteiger partial charge in [0.05, 0.1) is 24.0 Å². The van der Waals surface area contributed by atoms with Crippen molar-refractivity contribution in [1.29, 1.82) is 0 Å². The van der Waals surface area contributed by atoms with Crippen LogP contribution in [0.25, 0.3) is 0 Å². The number of rotatable bonds is 2. The van der Waals surface area contributed by atoms with Crippen LogP contribution in [0.15, 0.2) is 0 Å². The Bertz CT molecular complexity index is 328. The lowest BCUT2D eigenvalue weighted by atomic mass is 9.79. The fourth-order valence-corrected chi connectivity index (χ4v) is 3.31. The van der Waals surface area contributed by atoms with E-state index in [9.17, 15) is 9.59 Å².